The third-order valence-corrected chi connectivity index (χ3v) is 5.07. The lowest BCUT2D eigenvalue weighted by Crippen LogP contribution is -2.31. The van der Waals surface area contributed by atoms with Gasteiger partial charge in [-0.1, -0.05) is 48.5 Å². The van der Waals surface area contributed by atoms with Crippen LogP contribution in [0.1, 0.15) is 33.6 Å². The Morgan fingerprint density at radius 2 is 1.48 bits per heavy atom. The van der Waals surface area contributed by atoms with Crippen molar-refractivity contribution in [2.75, 3.05) is 18.5 Å². The number of nitrogens with one attached hydrogen (secondary N) is 1. The molecule has 0 radical (unpaired) electrons. The van der Waals surface area contributed by atoms with Gasteiger partial charge >= 0.3 is 5.97 Å². The van der Waals surface area contributed by atoms with Crippen LogP contribution in [0.2, 0.25) is 0 Å². The molecule has 0 fully saturated rings. The highest BCUT2D eigenvalue weighted by atomic mass is 16.5. The third-order valence-electron chi connectivity index (χ3n) is 5.07. The second-order valence-electron chi connectivity index (χ2n) is 7.15. The zero-order valence-corrected chi connectivity index (χ0v) is 16.7. The molecule has 31 heavy (non-hydrogen) atoms. The molecule has 4 rings (SSSR count). The first kappa shape index (κ1) is 20.3. The molecule has 0 aromatic heterocycles. The first-order chi connectivity index (χ1) is 15.0. The van der Waals surface area contributed by atoms with Gasteiger partial charge in [0, 0.05) is 24.0 Å². The average molecular weight is 416 g/mol. The van der Waals surface area contributed by atoms with E-state index in [4.69, 9.17) is 4.74 Å². The Kier molecular flexibility index (Phi) is 5.75. The monoisotopic (exact) mass is 416 g/mol. The molecule has 0 saturated heterocycles. The number of anilines is 1. The zero-order valence-electron chi connectivity index (χ0n) is 16.7. The molecule has 3 aromatic rings. The summed E-state index contributed by atoms with van der Waals surface area (Å²) in [5, 5.41) is 4.63. The number of hydrogen-bond acceptors (Lipinski definition) is 5. The summed E-state index contributed by atoms with van der Waals surface area (Å²) in [5.41, 5.74) is 1.39. The lowest BCUT2D eigenvalue weighted by Gasteiger charge is -2.13. The smallest absolute Gasteiger partial charge is 0.306 e. The van der Waals surface area contributed by atoms with Gasteiger partial charge in [-0.05, 0) is 30.0 Å². The lowest BCUT2D eigenvalue weighted by molar-refractivity contribution is -0.147. The molecule has 0 aliphatic carbocycles. The van der Waals surface area contributed by atoms with Gasteiger partial charge in [-0.3, -0.25) is 24.1 Å². The predicted octanol–water partition coefficient (Wildman–Crippen LogP) is 3.40. The summed E-state index contributed by atoms with van der Waals surface area (Å²) in [6, 6.07) is 19.8. The van der Waals surface area contributed by atoms with Crippen molar-refractivity contribution in [1.82, 2.24) is 4.90 Å². The summed E-state index contributed by atoms with van der Waals surface area (Å²) >= 11 is 0. The molecular weight excluding hydrogens is 396 g/mol. The van der Waals surface area contributed by atoms with Gasteiger partial charge < -0.3 is 10.1 Å². The molecule has 1 aliphatic rings. The van der Waals surface area contributed by atoms with Crippen LogP contribution in [0.25, 0.3) is 10.8 Å². The van der Waals surface area contributed by atoms with Crippen molar-refractivity contribution in [2.24, 2.45) is 0 Å². The average Bonchev–Trinajstić information content (AvgIpc) is 3.03. The number of fused-ring (bicyclic) bond motifs is 2. The number of ether oxygens (including phenoxy) is 1. The zero-order chi connectivity index (χ0) is 21.8. The van der Waals surface area contributed by atoms with Crippen molar-refractivity contribution in [2.45, 2.75) is 12.8 Å². The fraction of sp³-hybridized carbons (Fsp3) is 0.167. The number of nitrogens with zero attached hydrogens (tertiary/aromatic N) is 1. The molecule has 7 heteroatoms. The number of esters is 1. The molecular formula is C24H20N2O5. The number of carbonyl (C=O) groups excluding carboxylic acids is 4. The molecule has 3 aromatic carbocycles. The highest BCUT2D eigenvalue weighted by Gasteiger charge is 2.34. The molecule has 1 N–H and O–H groups in total. The van der Waals surface area contributed by atoms with Crippen molar-refractivity contribution < 1.29 is 23.9 Å². The summed E-state index contributed by atoms with van der Waals surface area (Å²) in [6.07, 6.45) is 0.254. The van der Waals surface area contributed by atoms with E-state index in [1.807, 2.05) is 36.4 Å². The first-order valence-corrected chi connectivity index (χ1v) is 9.93. The number of hydrogen-bond donors (Lipinski definition) is 1. The third kappa shape index (κ3) is 4.30. The van der Waals surface area contributed by atoms with Gasteiger partial charge in [0.2, 0.25) is 0 Å². The maximum Gasteiger partial charge on any atom is 0.306 e. The molecule has 7 nitrogen and oxygen atoms in total. The summed E-state index contributed by atoms with van der Waals surface area (Å²) in [6.45, 7) is -0.293. The minimum Gasteiger partial charge on any atom is -0.456 e. The van der Waals surface area contributed by atoms with E-state index < -0.39 is 18.5 Å². The van der Waals surface area contributed by atoms with Crippen LogP contribution < -0.4 is 5.32 Å². The van der Waals surface area contributed by atoms with E-state index in [0.717, 1.165) is 15.7 Å². The highest BCUT2D eigenvalue weighted by Crippen LogP contribution is 2.23. The van der Waals surface area contributed by atoms with Gasteiger partial charge in [0.05, 0.1) is 11.1 Å². The molecule has 0 bridgehead atoms. The van der Waals surface area contributed by atoms with Crippen molar-refractivity contribution in [3.8, 4) is 0 Å². The van der Waals surface area contributed by atoms with Gasteiger partial charge in [0.15, 0.2) is 6.61 Å². The Hall–Kier alpha value is -4.00. The molecule has 0 atom stereocenters. The number of benzene rings is 3. The fourth-order valence-electron chi connectivity index (χ4n) is 3.56. The molecule has 0 spiro atoms. The number of amides is 3. The molecule has 3 amide bonds. The topological polar surface area (TPSA) is 92.8 Å². The maximum atomic E-state index is 12.3. The summed E-state index contributed by atoms with van der Waals surface area (Å²) < 4.78 is 5.03. The van der Waals surface area contributed by atoms with Gasteiger partial charge in [0.1, 0.15) is 0 Å². The minimum atomic E-state index is -0.565. The molecule has 0 saturated carbocycles. The maximum absolute atomic E-state index is 12.3. The SMILES string of the molecule is O=C(COC(=O)CCCN1C(=O)c2ccccc2C1=O)Nc1cccc2ccccc12. The normalized spacial score (nSPS) is 12.7. The van der Waals surface area contributed by atoms with E-state index in [-0.39, 0.29) is 31.2 Å². The second kappa shape index (κ2) is 8.79. The first-order valence-electron chi connectivity index (χ1n) is 9.93. The van der Waals surface area contributed by atoms with Crippen LogP contribution in [-0.4, -0.2) is 41.7 Å². The summed E-state index contributed by atoms with van der Waals surface area (Å²) in [7, 11) is 0. The predicted molar refractivity (Wildman–Crippen MR) is 115 cm³/mol. The van der Waals surface area contributed by atoms with Gasteiger partial charge in [0.25, 0.3) is 17.7 Å². The molecule has 0 unspecified atom stereocenters. The Bertz CT molecular complexity index is 1150. The van der Waals surface area contributed by atoms with Crippen LogP contribution in [0.5, 0.6) is 0 Å². The quantitative estimate of drug-likeness (QED) is 0.471. The van der Waals surface area contributed by atoms with E-state index in [1.54, 1.807) is 30.3 Å². The summed E-state index contributed by atoms with van der Waals surface area (Å²) in [5.74, 6) is -1.72. The largest absolute Gasteiger partial charge is 0.456 e. The minimum absolute atomic E-state index is 0.00501. The van der Waals surface area contributed by atoms with Crippen LogP contribution >= 0.6 is 0 Å². The van der Waals surface area contributed by atoms with Crippen molar-refractivity contribution in [3.05, 3.63) is 77.9 Å². The van der Waals surface area contributed by atoms with Crippen LogP contribution in [0, 0.1) is 0 Å². The van der Waals surface area contributed by atoms with Gasteiger partial charge in [-0.15, -0.1) is 0 Å². The Morgan fingerprint density at radius 1 is 0.839 bits per heavy atom. The summed E-state index contributed by atoms with van der Waals surface area (Å²) in [4.78, 5) is 49.9. The van der Waals surface area contributed by atoms with Crippen molar-refractivity contribution in [1.29, 1.82) is 0 Å². The second-order valence-corrected chi connectivity index (χ2v) is 7.15. The Labute approximate surface area is 178 Å². The lowest BCUT2D eigenvalue weighted by atomic mass is 10.1. The molecule has 156 valence electrons. The molecule has 1 heterocycles. The van der Waals surface area contributed by atoms with E-state index in [1.165, 1.54) is 0 Å². The number of carbonyl (C=O) groups is 4. The van der Waals surface area contributed by atoms with Gasteiger partial charge in [-0.25, -0.2) is 0 Å². The van der Waals surface area contributed by atoms with Crippen LogP contribution in [0.3, 0.4) is 0 Å². The molecule has 1 aliphatic heterocycles. The van der Waals surface area contributed by atoms with E-state index in [0.29, 0.717) is 16.8 Å². The van der Waals surface area contributed by atoms with Gasteiger partial charge in [-0.2, -0.15) is 0 Å². The van der Waals surface area contributed by atoms with Crippen LogP contribution in [-0.2, 0) is 14.3 Å². The van der Waals surface area contributed by atoms with E-state index in [9.17, 15) is 19.2 Å². The van der Waals surface area contributed by atoms with E-state index >= 15 is 0 Å². The standard InChI is InChI=1S/C24H20N2O5/c27-21(25-20-12-5-8-16-7-1-2-9-17(16)20)15-31-22(28)13-6-14-26-23(29)18-10-3-4-11-19(18)24(26)30/h1-5,7-12H,6,13-15H2,(H,25,27). The van der Waals surface area contributed by atoms with Crippen molar-refractivity contribution in [3.63, 3.8) is 0 Å². The highest BCUT2D eigenvalue weighted by molar-refractivity contribution is 6.21. The van der Waals surface area contributed by atoms with Crippen LogP contribution in [0.15, 0.2) is 66.7 Å². The van der Waals surface area contributed by atoms with Crippen LogP contribution in [0.4, 0.5) is 5.69 Å². The number of rotatable bonds is 7. The Morgan fingerprint density at radius 3 is 2.23 bits per heavy atom. The Balaban J connectivity index is 1.23. The van der Waals surface area contributed by atoms with E-state index in [2.05, 4.69) is 5.32 Å². The van der Waals surface area contributed by atoms with Crippen molar-refractivity contribution >= 4 is 40.2 Å². The number of imide groups is 1. The fourth-order valence-corrected chi connectivity index (χ4v) is 3.56.